The Morgan fingerprint density at radius 1 is 1.22 bits per heavy atom. The summed E-state index contributed by atoms with van der Waals surface area (Å²) in [6.07, 6.45) is 2.23. The Labute approximate surface area is 139 Å². The number of likely N-dealkylation sites (tertiary alicyclic amines) is 1. The zero-order valence-electron chi connectivity index (χ0n) is 13.9. The van der Waals surface area contributed by atoms with Crippen LogP contribution in [0, 0.1) is 11.3 Å². The molecule has 1 saturated heterocycles. The third-order valence-electron chi connectivity index (χ3n) is 4.68. The van der Waals surface area contributed by atoms with Crippen LogP contribution in [0.1, 0.15) is 24.8 Å². The molecule has 1 aliphatic heterocycles. The molecule has 0 aromatic heterocycles. The Morgan fingerprint density at radius 2 is 1.83 bits per heavy atom. The molecule has 1 heterocycles. The van der Waals surface area contributed by atoms with Crippen LogP contribution in [0.5, 0.6) is 0 Å². The van der Waals surface area contributed by atoms with E-state index in [0.717, 1.165) is 38.0 Å². The van der Waals surface area contributed by atoms with E-state index in [9.17, 15) is 13.7 Å². The highest BCUT2D eigenvalue weighted by atomic mass is 32.2. The molecular formula is C17H25N3O2S. The van der Waals surface area contributed by atoms with E-state index in [1.807, 2.05) is 30.3 Å². The standard InChI is InChI=1S/C17H25N3O2S/c1-19(2)23(21,22)14-6-11-20-12-9-17(15-18,10-13-20)16-7-4-3-5-8-16/h3-5,7-8H,6,9-14H2,1-2H3. The van der Waals surface area contributed by atoms with E-state index in [2.05, 4.69) is 11.0 Å². The number of piperidine rings is 1. The Hall–Kier alpha value is -1.42. The van der Waals surface area contributed by atoms with Crippen molar-refractivity contribution in [1.29, 1.82) is 5.26 Å². The number of benzene rings is 1. The van der Waals surface area contributed by atoms with E-state index in [1.54, 1.807) is 14.1 Å². The lowest BCUT2D eigenvalue weighted by Crippen LogP contribution is -2.42. The van der Waals surface area contributed by atoms with Crippen molar-refractivity contribution in [2.24, 2.45) is 0 Å². The summed E-state index contributed by atoms with van der Waals surface area (Å²) in [5.41, 5.74) is 0.699. The fraction of sp³-hybridized carbons (Fsp3) is 0.588. The van der Waals surface area contributed by atoms with Gasteiger partial charge < -0.3 is 4.90 Å². The minimum Gasteiger partial charge on any atom is -0.303 e. The summed E-state index contributed by atoms with van der Waals surface area (Å²) in [6, 6.07) is 12.5. The molecular weight excluding hydrogens is 310 g/mol. The maximum absolute atomic E-state index is 11.8. The number of nitriles is 1. The van der Waals surface area contributed by atoms with Crippen LogP contribution in [-0.4, -0.2) is 57.1 Å². The van der Waals surface area contributed by atoms with Crippen molar-refractivity contribution in [3.63, 3.8) is 0 Å². The van der Waals surface area contributed by atoms with Crippen LogP contribution >= 0.6 is 0 Å². The molecule has 0 bridgehead atoms. The molecule has 5 nitrogen and oxygen atoms in total. The van der Waals surface area contributed by atoms with Crippen LogP contribution in [0.15, 0.2) is 30.3 Å². The van der Waals surface area contributed by atoms with Crippen LogP contribution in [-0.2, 0) is 15.4 Å². The Kier molecular flexibility index (Phi) is 5.79. The van der Waals surface area contributed by atoms with E-state index in [-0.39, 0.29) is 5.75 Å². The highest BCUT2D eigenvalue weighted by Gasteiger charge is 2.36. The van der Waals surface area contributed by atoms with Crippen LogP contribution in [0.4, 0.5) is 0 Å². The molecule has 0 amide bonds. The molecule has 1 aliphatic rings. The predicted octanol–water partition coefficient (Wildman–Crippen LogP) is 1.83. The van der Waals surface area contributed by atoms with Gasteiger partial charge in [-0.2, -0.15) is 5.26 Å². The SMILES string of the molecule is CN(C)S(=O)(=O)CCCN1CCC(C#N)(c2ccccc2)CC1. The van der Waals surface area contributed by atoms with Crippen molar-refractivity contribution in [3.05, 3.63) is 35.9 Å². The lowest BCUT2D eigenvalue weighted by atomic mass is 9.74. The zero-order valence-corrected chi connectivity index (χ0v) is 14.7. The van der Waals surface area contributed by atoms with Gasteiger partial charge >= 0.3 is 0 Å². The molecule has 0 N–H and O–H groups in total. The quantitative estimate of drug-likeness (QED) is 0.795. The Balaban J connectivity index is 1.88. The van der Waals surface area contributed by atoms with Gasteiger partial charge in [-0.05, 0) is 44.5 Å². The molecule has 6 heteroatoms. The smallest absolute Gasteiger partial charge is 0.213 e. The van der Waals surface area contributed by atoms with E-state index in [0.29, 0.717) is 6.42 Å². The molecule has 0 saturated carbocycles. The lowest BCUT2D eigenvalue weighted by Gasteiger charge is -2.37. The Morgan fingerprint density at radius 3 is 2.35 bits per heavy atom. The fourth-order valence-electron chi connectivity index (χ4n) is 3.03. The second-order valence-electron chi connectivity index (χ2n) is 6.35. The number of nitrogens with zero attached hydrogens (tertiary/aromatic N) is 3. The maximum atomic E-state index is 11.8. The predicted molar refractivity (Wildman–Crippen MR) is 91.5 cm³/mol. The van der Waals surface area contributed by atoms with Gasteiger partial charge in [-0.3, -0.25) is 0 Å². The van der Waals surface area contributed by atoms with Gasteiger partial charge in [-0.15, -0.1) is 0 Å². The summed E-state index contributed by atoms with van der Waals surface area (Å²) < 4.78 is 24.8. The molecule has 0 aliphatic carbocycles. The second-order valence-corrected chi connectivity index (χ2v) is 8.66. The maximum Gasteiger partial charge on any atom is 0.213 e. The van der Waals surface area contributed by atoms with Crippen LogP contribution in [0.25, 0.3) is 0 Å². The zero-order chi connectivity index (χ0) is 16.9. The second kappa shape index (κ2) is 7.43. The van der Waals surface area contributed by atoms with Crippen molar-refractivity contribution >= 4 is 10.0 Å². The Bertz CT molecular complexity index is 642. The van der Waals surface area contributed by atoms with Gasteiger partial charge in [0.25, 0.3) is 0 Å². The monoisotopic (exact) mass is 335 g/mol. The first-order valence-electron chi connectivity index (χ1n) is 7.99. The van der Waals surface area contributed by atoms with Gasteiger partial charge in [0.05, 0.1) is 17.2 Å². The van der Waals surface area contributed by atoms with E-state index >= 15 is 0 Å². The number of sulfonamides is 1. The molecule has 2 rings (SSSR count). The third-order valence-corrected chi connectivity index (χ3v) is 6.60. The summed E-state index contributed by atoms with van der Waals surface area (Å²) >= 11 is 0. The van der Waals surface area contributed by atoms with Crippen LogP contribution in [0.3, 0.4) is 0 Å². The molecule has 1 aromatic carbocycles. The van der Waals surface area contributed by atoms with Gasteiger partial charge in [-0.25, -0.2) is 12.7 Å². The van der Waals surface area contributed by atoms with Gasteiger partial charge in [0.2, 0.25) is 10.0 Å². The summed E-state index contributed by atoms with van der Waals surface area (Å²) in [7, 11) is 0.0185. The topological polar surface area (TPSA) is 64.4 Å². The lowest BCUT2D eigenvalue weighted by molar-refractivity contribution is 0.186. The van der Waals surface area contributed by atoms with E-state index in [4.69, 9.17) is 0 Å². The summed E-state index contributed by atoms with van der Waals surface area (Å²) in [6.45, 7) is 2.44. The molecule has 0 unspecified atom stereocenters. The molecule has 0 spiro atoms. The van der Waals surface area contributed by atoms with Crippen LogP contribution < -0.4 is 0 Å². The van der Waals surface area contributed by atoms with Gasteiger partial charge in [0, 0.05) is 14.1 Å². The van der Waals surface area contributed by atoms with Crippen molar-refractivity contribution in [2.45, 2.75) is 24.7 Å². The van der Waals surface area contributed by atoms with Gasteiger partial charge in [-0.1, -0.05) is 30.3 Å². The molecule has 1 aromatic rings. The first-order chi connectivity index (χ1) is 10.9. The third kappa shape index (κ3) is 4.31. The first-order valence-corrected chi connectivity index (χ1v) is 9.60. The number of rotatable bonds is 6. The minimum atomic E-state index is -3.12. The van der Waals surface area contributed by atoms with E-state index in [1.165, 1.54) is 4.31 Å². The number of hydrogen-bond acceptors (Lipinski definition) is 4. The largest absolute Gasteiger partial charge is 0.303 e. The first kappa shape index (κ1) is 17.9. The van der Waals surface area contributed by atoms with Crippen molar-refractivity contribution in [3.8, 4) is 6.07 Å². The van der Waals surface area contributed by atoms with Crippen LogP contribution in [0.2, 0.25) is 0 Å². The normalized spacial score (nSPS) is 18.7. The number of hydrogen-bond donors (Lipinski definition) is 0. The summed E-state index contributed by atoms with van der Waals surface area (Å²) in [5, 5.41) is 9.67. The molecule has 0 atom stereocenters. The van der Waals surface area contributed by atoms with Gasteiger partial charge in [0.15, 0.2) is 0 Å². The molecule has 126 valence electrons. The average molecular weight is 335 g/mol. The summed E-state index contributed by atoms with van der Waals surface area (Å²) in [5.74, 6) is 0.179. The molecule has 1 fully saturated rings. The van der Waals surface area contributed by atoms with Crippen molar-refractivity contribution in [1.82, 2.24) is 9.21 Å². The van der Waals surface area contributed by atoms with Crippen molar-refractivity contribution in [2.75, 3.05) is 39.5 Å². The van der Waals surface area contributed by atoms with Gasteiger partial charge in [0.1, 0.15) is 0 Å². The average Bonchev–Trinajstić information content (AvgIpc) is 2.56. The van der Waals surface area contributed by atoms with Crippen molar-refractivity contribution < 1.29 is 8.42 Å². The summed E-state index contributed by atoms with van der Waals surface area (Å²) in [4.78, 5) is 2.27. The fourth-order valence-corrected chi connectivity index (χ4v) is 3.89. The van der Waals surface area contributed by atoms with E-state index < -0.39 is 15.4 Å². The molecule has 0 radical (unpaired) electrons. The highest BCUT2D eigenvalue weighted by Crippen LogP contribution is 2.34. The molecule has 23 heavy (non-hydrogen) atoms. The highest BCUT2D eigenvalue weighted by molar-refractivity contribution is 7.89. The minimum absolute atomic E-state index is 0.179.